The molecule has 11 heteroatoms. The lowest BCUT2D eigenvalue weighted by atomic mass is 10.1. The first kappa shape index (κ1) is 21.8. The fourth-order valence-corrected chi connectivity index (χ4v) is 3.13. The third-order valence-corrected chi connectivity index (χ3v) is 5.03. The van der Waals surface area contributed by atoms with Gasteiger partial charge in [0.25, 0.3) is 17.5 Å². The first-order valence-corrected chi connectivity index (χ1v) is 10.3. The minimum atomic E-state index is -0.569. The molecule has 164 valence electrons. The number of anilines is 2. The molecule has 0 aliphatic rings. The molecule has 0 atom stereocenters. The standard InChI is InChI=1S/C22H14BrN5O5/c23-15-9-5-13(6-10-15)19(29)24-18-4-2-1-3-17(18)20(30)25-22-27-26-21(33-22)14-7-11-16(12-8-14)28(31)32/h1-12H,(H,24,29)(H,25,27,30). The van der Waals surface area contributed by atoms with Gasteiger partial charge in [0.1, 0.15) is 0 Å². The van der Waals surface area contributed by atoms with E-state index >= 15 is 0 Å². The summed E-state index contributed by atoms with van der Waals surface area (Å²) in [6.45, 7) is 0. The molecular formula is C22H14BrN5O5. The number of non-ortho nitro benzene ring substituents is 1. The van der Waals surface area contributed by atoms with E-state index in [0.29, 0.717) is 16.8 Å². The van der Waals surface area contributed by atoms with Gasteiger partial charge in [-0.3, -0.25) is 25.0 Å². The molecule has 1 aromatic heterocycles. The molecule has 4 aromatic rings. The number of hydrogen-bond donors (Lipinski definition) is 2. The average molecular weight is 508 g/mol. The molecule has 0 aliphatic heterocycles. The smallest absolute Gasteiger partial charge is 0.322 e. The van der Waals surface area contributed by atoms with Gasteiger partial charge in [0.2, 0.25) is 5.89 Å². The average Bonchev–Trinajstić information content (AvgIpc) is 3.28. The molecule has 0 aliphatic carbocycles. The lowest BCUT2D eigenvalue weighted by Crippen LogP contribution is -2.18. The first-order chi connectivity index (χ1) is 15.9. The second kappa shape index (κ2) is 9.40. The fourth-order valence-electron chi connectivity index (χ4n) is 2.87. The number of benzene rings is 3. The van der Waals surface area contributed by atoms with E-state index in [2.05, 4.69) is 36.8 Å². The molecule has 10 nitrogen and oxygen atoms in total. The van der Waals surface area contributed by atoms with Crippen LogP contribution in [0.3, 0.4) is 0 Å². The van der Waals surface area contributed by atoms with Crippen molar-refractivity contribution in [3.63, 3.8) is 0 Å². The van der Waals surface area contributed by atoms with Crippen LogP contribution >= 0.6 is 15.9 Å². The molecule has 1 heterocycles. The molecule has 2 N–H and O–H groups in total. The Morgan fingerprint density at radius 2 is 1.58 bits per heavy atom. The van der Waals surface area contributed by atoms with Crippen molar-refractivity contribution < 1.29 is 18.9 Å². The number of carbonyl (C=O) groups excluding carboxylic acids is 2. The fraction of sp³-hybridized carbons (Fsp3) is 0. The van der Waals surface area contributed by atoms with E-state index in [1.807, 2.05) is 0 Å². The second-order valence-electron chi connectivity index (χ2n) is 6.68. The normalized spacial score (nSPS) is 10.5. The summed E-state index contributed by atoms with van der Waals surface area (Å²) in [5.41, 5.74) is 1.30. The van der Waals surface area contributed by atoms with Gasteiger partial charge in [0.05, 0.1) is 16.2 Å². The van der Waals surface area contributed by atoms with Gasteiger partial charge in [0.15, 0.2) is 0 Å². The predicted octanol–water partition coefficient (Wildman–Crippen LogP) is 4.91. The van der Waals surface area contributed by atoms with Crippen LogP contribution < -0.4 is 10.6 Å². The number of carbonyl (C=O) groups is 2. The minimum Gasteiger partial charge on any atom is -0.403 e. The van der Waals surface area contributed by atoms with Gasteiger partial charge in [-0.1, -0.05) is 33.2 Å². The second-order valence-corrected chi connectivity index (χ2v) is 7.59. The Balaban J connectivity index is 1.49. The van der Waals surface area contributed by atoms with Crippen molar-refractivity contribution in [1.82, 2.24) is 10.2 Å². The van der Waals surface area contributed by atoms with E-state index in [0.717, 1.165) is 4.47 Å². The molecule has 2 amide bonds. The van der Waals surface area contributed by atoms with Crippen LogP contribution in [0.4, 0.5) is 17.4 Å². The van der Waals surface area contributed by atoms with Gasteiger partial charge in [-0.05, 0) is 48.5 Å². The Kier molecular flexibility index (Phi) is 6.22. The molecule has 0 fully saturated rings. The van der Waals surface area contributed by atoms with E-state index in [-0.39, 0.29) is 29.1 Å². The third-order valence-electron chi connectivity index (χ3n) is 4.50. The summed E-state index contributed by atoms with van der Waals surface area (Å²) in [5, 5.41) is 23.6. The number of nitro benzene ring substituents is 1. The minimum absolute atomic E-state index is 0.0754. The molecule has 4 rings (SSSR count). The lowest BCUT2D eigenvalue weighted by Gasteiger charge is -2.10. The number of aromatic nitrogens is 2. The summed E-state index contributed by atoms with van der Waals surface area (Å²) in [6.07, 6.45) is 0. The molecule has 0 spiro atoms. The van der Waals surface area contributed by atoms with Crippen molar-refractivity contribution in [2.75, 3.05) is 10.6 Å². The number of amides is 2. The zero-order valence-corrected chi connectivity index (χ0v) is 18.3. The van der Waals surface area contributed by atoms with E-state index in [1.165, 1.54) is 24.3 Å². The number of nitrogens with zero attached hydrogens (tertiary/aromatic N) is 3. The number of nitro groups is 1. The molecule has 33 heavy (non-hydrogen) atoms. The van der Waals surface area contributed by atoms with Crippen LogP contribution in [0.1, 0.15) is 20.7 Å². The summed E-state index contributed by atoms with van der Waals surface area (Å²) >= 11 is 3.32. The maximum absolute atomic E-state index is 12.8. The van der Waals surface area contributed by atoms with E-state index in [4.69, 9.17) is 4.42 Å². The largest absolute Gasteiger partial charge is 0.403 e. The van der Waals surface area contributed by atoms with Gasteiger partial charge < -0.3 is 9.73 Å². The maximum Gasteiger partial charge on any atom is 0.322 e. The molecule has 3 aromatic carbocycles. The first-order valence-electron chi connectivity index (χ1n) is 9.46. The van der Waals surface area contributed by atoms with Gasteiger partial charge in [-0.2, -0.15) is 0 Å². The van der Waals surface area contributed by atoms with E-state index in [9.17, 15) is 19.7 Å². The van der Waals surface area contributed by atoms with Gasteiger partial charge in [-0.15, -0.1) is 5.10 Å². The SMILES string of the molecule is O=C(Nc1ccccc1C(=O)Nc1nnc(-c2ccc([N+](=O)[O-])cc2)o1)c1ccc(Br)cc1. The Labute approximate surface area is 194 Å². The zero-order chi connectivity index (χ0) is 23.4. The topological polar surface area (TPSA) is 140 Å². The Morgan fingerprint density at radius 3 is 2.27 bits per heavy atom. The van der Waals surface area contributed by atoms with Crippen LogP contribution in [-0.2, 0) is 0 Å². The highest BCUT2D eigenvalue weighted by Crippen LogP contribution is 2.24. The van der Waals surface area contributed by atoms with E-state index in [1.54, 1.807) is 48.5 Å². The zero-order valence-electron chi connectivity index (χ0n) is 16.7. The van der Waals surface area contributed by atoms with Crippen molar-refractivity contribution in [3.8, 4) is 11.5 Å². The summed E-state index contributed by atoms with van der Waals surface area (Å²) in [4.78, 5) is 35.6. The van der Waals surface area contributed by atoms with Crippen molar-refractivity contribution in [3.05, 3.63) is 98.5 Å². The van der Waals surface area contributed by atoms with Crippen LogP contribution in [0.15, 0.2) is 81.7 Å². The van der Waals surface area contributed by atoms with Crippen LogP contribution in [-0.4, -0.2) is 26.9 Å². The van der Waals surface area contributed by atoms with Crippen LogP contribution in [0.2, 0.25) is 0 Å². The Bertz CT molecular complexity index is 1340. The van der Waals surface area contributed by atoms with Crippen molar-refractivity contribution in [1.29, 1.82) is 0 Å². The molecule has 0 unspecified atom stereocenters. The maximum atomic E-state index is 12.8. The Morgan fingerprint density at radius 1 is 0.879 bits per heavy atom. The van der Waals surface area contributed by atoms with Crippen LogP contribution in [0.25, 0.3) is 11.5 Å². The van der Waals surface area contributed by atoms with E-state index < -0.39 is 10.8 Å². The molecule has 0 saturated carbocycles. The lowest BCUT2D eigenvalue weighted by molar-refractivity contribution is -0.384. The number of hydrogen-bond acceptors (Lipinski definition) is 7. The highest BCUT2D eigenvalue weighted by atomic mass is 79.9. The molecule has 0 radical (unpaired) electrons. The monoisotopic (exact) mass is 507 g/mol. The number of para-hydroxylation sites is 1. The molecule has 0 saturated heterocycles. The van der Waals surface area contributed by atoms with Crippen molar-refractivity contribution in [2.24, 2.45) is 0 Å². The molecular weight excluding hydrogens is 494 g/mol. The summed E-state index contributed by atoms with van der Waals surface area (Å²) < 4.78 is 6.29. The molecule has 0 bridgehead atoms. The highest BCUT2D eigenvalue weighted by molar-refractivity contribution is 9.10. The summed E-state index contributed by atoms with van der Waals surface area (Å²) in [7, 11) is 0. The Hall–Kier alpha value is -4.38. The number of halogens is 1. The predicted molar refractivity (Wildman–Crippen MR) is 123 cm³/mol. The summed E-state index contributed by atoms with van der Waals surface area (Å²) in [5.74, 6) is -0.862. The van der Waals surface area contributed by atoms with Crippen molar-refractivity contribution in [2.45, 2.75) is 0 Å². The number of nitrogens with one attached hydrogen (secondary N) is 2. The van der Waals surface area contributed by atoms with Gasteiger partial charge >= 0.3 is 6.01 Å². The summed E-state index contributed by atoms with van der Waals surface area (Å²) in [6, 6.07) is 18.6. The quantitative estimate of drug-likeness (QED) is 0.279. The van der Waals surface area contributed by atoms with Crippen molar-refractivity contribution >= 4 is 45.1 Å². The van der Waals surface area contributed by atoms with Crippen LogP contribution in [0, 0.1) is 10.1 Å². The van der Waals surface area contributed by atoms with Gasteiger partial charge in [-0.25, -0.2) is 0 Å². The third kappa shape index (κ3) is 5.10. The number of rotatable bonds is 6. The van der Waals surface area contributed by atoms with Gasteiger partial charge in [0, 0.05) is 27.7 Å². The highest BCUT2D eigenvalue weighted by Gasteiger charge is 2.17. The van der Waals surface area contributed by atoms with Crippen LogP contribution in [0.5, 0.6) is 0 Å².